The molecule has 0 radical (unpaired) electrons. The van der Waals surface area contributed by atoms with Crippen LogP contribution in [0.2, 0.25) is 0 Å². The molecular weight excluding hydrogens is 402 g/mol. The molecule has 3 N–H and O–H groups in total. The van der Waals surface area contributed by atoms with Gasteiger partial charge in [-0.3, -0.25) is 4.68 Å². The third-order valence-electron chi connectivity index (χ3n) is 10.4. The lowest BCUT2D eigenvalue weighted by atomic mass is 9.48. The van der Waals surface area contributed by atoms with Crippen LogP contribution in [0.15, 0.2) is 12.4 Å². The Morgan fingerprint density at radius 2 is 1.94 bits per heavy atom. The number of hydrogen-bond donors (Lipinski definition) is 3. The lowest BCUT2D eigenvalue weighted by Gasteiger charge is -2.58. The molecule has 1 aromatic rings. The van der Waals surface area contributed by atoms with Crippen molar-refractivity contribution >= 4 is 0 Å². The molecule has 0 aromatic carbocycles. The Morgan fingerprint density at radius 3 is 2.66 bits per heavy atom. The van der Waals surface area contributed by atoms with Crippen molar-refractivity contribution in [2.24, 2.45) is 40.9 Å². The summed E-state index contributed by atoms with van der Waals surface area (Å²) in [5.41, 5.74) is -1.03. The van der Waals surface area contributed by atoms with E-state index in [1.807, 2.05) is 6.92 Å². The first kappa shape index (κ1) is 22.4. The van der Waals surface area contributed by atoms with Gasteiger partial charge in [0.1, 0.15) is 6.07 Å². The summed E-state index contributed by atoms with van der Waals surface area (Å²) >= 11 is 0. The highest BCUT2D eigenvalue weighted by Crippen LogP contribution is 2.66. The Labute approximate surface area is 191 Å². The summed E-state index contributed by atoms with van der Waals surface area (Å²) in [5, 5.41) is 45.3. The van der Waals surface area contributed by atoms with Crippen molar-refractivity contribution < 1.29 is 15.3 Å². The predicted molar refractivity (Wildman–Crippen MR) is 120 cm³/mol. The van der Waals surface area contributed by atoms with Crippen molar-refractivity contribution in [1.29, 1.82) is 5.26 Å². The molecule has 0 bridgehead atoms. The van der Waals surface area contributed by atoms with Crippen molar-refractivity contribution in [3.05, 3.63) is 18.0 Å². The molecule has 0 aliphatic heterocycles. The highest BCUT2D eigenvalue weighted by atomic mass is 16.3. The van der Waals surface area contributed by atoms with Crippen molar-refractivity contribution in [1.82, 2.24) is 9.78 Å². The summed E-state index contributed by atoms with van der Waals surface area (Å²) in [5.74, 6) is 3.61. The Hall–Kier alpha value is -1.42. The van der Waals surface area contributed by atoms with Gasteiger partial charge in [0, 0.05) is 6.20 Å². The smallest absolute Gasteiger partial charge is 0.102 e. The first-order valence-electron chi connectivity index (χ1n) is 12.7. The first-order valence-corrected chi connectivity index (χ1v) is 12.7. The van der Waals surface area contributed by atoms with Crippen LogP contribution in [0.3, 0.4) is 0 Å². The average Bonchev–Trinajstić information content (AvgIpc) is 3.36. The third kappa shape index (κ3) is 3.52. The fraction of sp³-hybridized carbons (Fsp3) is 0.846. The standard InChI is InChI=1S/C26H39N3O3/c1-24-9-7-20-19-8-10-26(32,16-30)11-18(19)3-4-21(20)22(24)5-6-23(24)25(2,31)15-29-14-17(12-27)13-28-29/h13-14,18-23,30-32H,3-11,15-16H2,1-2H3/t18-,19+,20-,21-,22+,23+,24+,25-,26-/m1/s1. The molecule has 9 atom stereocenters. The quantitative estimate of drug-likeness (QED) is 0.664. The summed E-state index contributed by atoms with van der Waals surface area (Å²) < 4.78 is 1.73. The molecule has 0 amide bonds. The van der Waals surface area contributed by atoms with E-state index in [9.17, 15) is 15.3 Å². The molecule has 4 saturated carbocycles. The highest BCUT2D eigenvalue weighted by Gasteiger charge is 2.60. The van der Waals surface area contributed by atoms with E-state index in [2.05, 4.69) is 18.1 Å². The van der Waals surface area contributed by atoms with Gasteiger partial charge in [0.2, 0.25) is 0 Å². The van der Waals surface area contributed by atoms with Crippen LogP contribution in [0, 0.1) is 52.3 Å². The van der Waals surface area contributed by atoms with Gasteiger partial charge in [-0.15, -0.1) is 0 Å². The maximum Gasteiger partial charge on any atom is 0.102 e. The van der Waals surface area contributed by atoms with Gasteiger partial charge in [0.15, 0.2) is 0 Å². The number of nitriles is 1. The molecular formula is C26H39N3O3. The lowest BCUT2D eigenvalue weighted by Crippen LogP contribution is -2.54. The molecule has 6 heteroatoms. The number of aromatic nitrogens is 2. The molecule has 0 spiro atoms. The van der Waals surface area contributed by atoms with Gasteiger partial charge in [-0.05, 0) is 106 Å². The van der Waals surface area contributed by atoms with Crippen LogP contribution in [-0.2, 0) is 6.54 Å². The molecule has 4 aliphatic rings. The first-order chi connectivity index (χ1) is 15.2. The number of nitrogens with zero attached hydrogens (tertiary/aromatic N) is 3. The van der Waals surface area contributed by atoms with Gasteiger partial charge in [-0.1, -0.05) is 6.92 Å². The maximum absolute atomic E-state index is 11.6. The second-order valence-electron chi connectivity index (χ2n) is 12.1. The van der Waals surface area contributed by atoms with Crippen LogP contribution in [-0.4, -0.2) is 42.9 Å². The van der Waals surface area contributed by atoms with Gasteiger partial charge in [-0.2, -0.15) is 10.4 Å². The minimum Gasteiger partial charge on any atom is -0.393 e. The highest BCUT2D eigenvalue weighted by molar-refractivity contribution is 5.21. The number of aliphatic hydroxyl groups excluding tert-OH is 1. The molecule has 5 rings (SSSR count). The SMILES string of the molecule is C[C@]12CC[C@H]3[C@@H](CC[C@@H]4C[C@@](O)(CO)CC[C@@H]43)[C@@H]1CC[C@@H]2[C@](C)(O)Cn1cc(C#N)cn1. The summed E-state index contributed by atoms with van der Waals surface area (Å²) in [6.07, 6.45) is 12.9. The Morgan fingerprint density at radius 1 is 1.16 bits per heavy atom. The summed E-state index contributed by atoms with van der Waals surface area (Å²) in [4.78, 5) is 0. The monoisotopic (exact) mass is 441 g/mol. The van der Waals surface area contributed by atoms with Crippen molar-refractivity contribution in [3.63, 3.8) is 0 Å². The van der Waals surface area contributed by atoms with E-state index in [0.29, 0.717) is 29.9 Å². The van der Waals surface area contributed by atoms with Crippen LogP contribution in [0.25, 0.3) is 0 Å². The second kappa shape index (κ2) is 7.82. The van der Waals surface area contributed by atoms with Gasteiger partial charge in [-0.25, -0.2) is 0 Å². The largest absolute Gasteiger partial charge is 0.393 e. The molecule has 0 unspecified atom stereocenters. The van der Waals surface area contributed by atoms with Gasteiger partial charge < -0.3 is 15.3 Å². The Bertz CT molecular complexity index is 891. The minimum atomic E-state index is -0.855. The van der Waals surface area contributed by atoms with E-state index in [1.165, 1.54) is 25.7 Å². The van der Waals surface area contributed by atoms with Crippen molar-refractivity contribution in [2.75, 3.05) is 6.61 Å². The number of fused-ring (bicyclic) bond motifs is 5. The number of rotatable bonds is 4. The average molecular weight is 442 g/mol. The second-order valence-corrected chi connectivity index (χ2v) is 12.1. The zero-order valence-electron chi connectivity index (χ0n) is 19.6. The molecule has 0 saturated heterocycles. The summed E-state index contributed by atoms with van der Waals surface area (Å²) in [7, 11) is 0. The van der Waals surface area contributed by atoms with Crippen LogP contribution < -0.4 is 0 Å². The Balaban J connectivity index is 1.32. The third-order valence-corrected chi connectivity index (χ3v) is 10.4. The van der Waals surface area contributed by atoms with Gasteiger partial charge >= 0.3 is 0 Å². The molecule has 4 aliphatic carbocycles. The van der Waals surface area contributed by atoms with Gasteiger partial charge in [0.25, 0.3) is 0 Å². The number of hydrogen-bond acceptors (Lipinski definition) is 5. The van der Waals surface area contributed by atoms with E-state index < -0.39 is 11.2 Å². The maximum atomic E-state index is 11.6. The minimum absolute atomic E-state index is 0.103. The van der Waals surface area contributed by atoms with Crippen LogP contribution >= 0.6 is 0 Å². The summed E-state index contributed by atoms with van der Waals surface area (Å²) in [6, 6.07) is 2.12. The fourth-order valence-corrected chi connectivity index (χ4v) is 9.07. The van der Waals surface area contributed by atoms with E-state index >= 15 is 0 Å². The van der Waals surface area contributed by atoms with Crippen LogP contribution in [0.4, 0.5) is 0 Å². The predicted octanol–water partition coefficient (Wildman–Crippen LogP) is 3.50. The van der Waals surface area contributed by atoms with Gasteiger partial charge in [0.05, 0.1) is 36.1 Å². The molecule has 176 valence electrons. The van der Waals surface area contributed by atoms with E-state index in [4.69, 9.17) is 5.26 Å². The van der Waals surface area contributed by atoms with E-state index in [0.717, 1.165) is 43.9 Å². The zero-order chi connectivity index (χ0) is 22.7. The lowest BCUT2D eigenvalue weighted by molar-refractivity contribution is -0.135. The van der Waals surface area contributed by atoms with Crippen LogP contribution in [0.5, 0.6) is 0 Å². The fourth-order valence-electron chi connectivity index (χ4n) is 9.07. The molecule has 1 heterocycles. The van der Waals surface area contributed by atoms with Crippen LogP contribution in [0.1, 0.15) is 77.2 Å². The topological polar surface area (TPSA) is 102 Å². The number of aliphatic hydroxyl groups is 3. The molecule has 4 fully saturated rings. The zero-order valence-corrected chi connectivity index (χ0v) is 19.6. The van der Waals surface area contributed by atoms with E-state index in [1.54, 1.807) is 17.1 Å². The summed E-state index contributed by atoms with van der Waals surface area (Å²) in [6.45, 7) is 4.73. The van der Waals surface area contributed by atoms with Crippen molar-refractivity contribution in [2.45, 2.75) is 89.4 Å². The molecule has 6 nitrogen and oxygen atoms in total. The molecule has 32 heavy (non-hydrogen) atoms. The Kier molecular flexibility index (Phi) is 5.47. The molecule has 1 aromatic heterocycles. The normalized spacial score (nSPS) is 45.2. The van der Waals surface area contributed by atoms with Crippen molar-refractivity contribution in [3.8, 4) is 6.07 Å². The van der Waals surface area contributed by atoms with E-state index in [-0.39, 0.29) is 17.9 Å².